The molecule has 0 aliphatic carbocycles. The number of nitrogen functional groups attached to an aromatic ring is 1. The van der Waals surface area contributed by atoms with E-state index in [9.17, 15) is 18.3 Å². The Morgan fingerprint density at radius 2 is 1.89 bits per heavy atom. The minimum atomic E-state index is -4.16. The zero-order valence-electron chi connectivity index (χ0n) is 15.1. The van der Waals surface area contributed by atoms with Gasteiger partial charge in [-0.2, -0.15) is 0 Å². The number of rotatable bonds is 7. The molecule has 3 N–H and O–H groups in total. The lowest BCUT2D eigenvalue weighted by Gasteiger charge is -2.31. The molecule has 7 nitrogen and oxygen atoms in total. The molecule has 0 spiro atoms. The molecule has 0 saturated heterocycles. The van der Waals surface area contributed by atoms with Crippen molar-refractivity contribution in [2.45, 2.75) is 16.2 Å². The van der Waals surface area contributed by atoms with E-state index in [0.717, 1.165) is 0 Å². The van der Waals surface area contributed by atoms with Gasteiger partial charge >= 0.3 is 5.97 Å². The Kier molecular flexibility index (Phi) is 5.24. The average Bonchev–Trinajstić information content (AvgIpc) is 3.18. The van der Waals surface area contributed by atoms with Crippen molar-refractivity contribution in [1.29, 1.82) is 0 Å². The van der Waals surface area contributed by atoms with E-state index in [1.807, 2.05) is 0 Å². The largest absolute Gasteiger partial charge is 0.497 e. The summed E-state index contributed by atoms with van der Waals surface area (Å²) < 4.78 is 32.0. The first-order chi connectivity index (χ1) is 13.3. The van der Waals surface area contributed by atoms with E-state index in [-0.39, 0.29) is 11.3 Å². The fraction of sp³-hybridized carbons (Fsp3) is 0.200. The number of hydrogen-bond donors (Lipinski definition) is 2. The van der Waals surface area contributed by atoms with Crippen molar-refractivity contribution in [3.63, 3.8) is 0 Å². The van der Waals surface area contributed by atoms with Crippen molar-refractivity contribution in [3.05, 3.63) is 66.2 Å². The van der Waals surface area contributed by atoms with Crippen LogP contribution in [0, 0.1) is 5.92 Å². The number of carboxylic acids is 1. The number of allylic oxidation sites excluding steroid dienone is 1. The molecule has 0 amide bonds. The molecule has 2 unspecified atom stereocenters. The van der Waals surface area contributed by atoms with Gasteiger partial charge in [0.05, 0.1) is 12.0 Å². The SMILES string of the molecule is COc1ccc(S(=O)(=O)C2(C(Cc3ccccc3N)C(=O)O)C=CC=N2)cc1. The van der Waals surface area contributed by atoms with E-state index < -0.39 is 26.6 Å². The molecule has 2 atom stereocenters. The van der Waals surface area contributed by atoms with Crippen molar-refractivity contribution >= 4 is 27.7 Å². The molecular weight excluding hydrogens is 380 g/mol. The number of ether oxygens (including phenoxy) is 1. The Morgan fingerprint density at radius 3 is 2.43 bits per heavy atom. The van der Waals surface area contributed by atoms with E-state index in [0.29, 0.717) is 17.0 Å². The predicted molar refractivity (Wildman–Crippen MR) is 106 cm³/mol. The molecular formula is C20H20N2O5S. The van der Waals surface area contributed by atoms with Crippen LogP contribution in [-0.4, -0.2) is 37.7 Å². The number of benzene rings is 2. The van der Waals surface area contributed by atoms with Gasteiger partial charge < -0.3 is 15.6 Å². The standard InChI is InChI=1S/C20H20N2O5S/c1-27-15-7-9-16(10-8-15)28(25,26)20(11-4-12-22-20)17(19(23)24)13-14-5-2-3-6-18(14)21/h2-12,17H,13,21H2,1H3,(H,23,24). The Balaban J connectivity index is 2.11. The first-order valence-electron chi connectivity index (χ1n) is 8.50. The van der Waals surface area contributed by atoms with Crippen LogP contribution in [0.25, 0.3) is 0 Å². The summed E-state index contributed by atoms with van der Waals surface area (Å²) in [6, 6.07) is 12.6. The van der Waals surface area contributed by atoms with E-state index in [2.05, 4.69) is 4.99 Å². The zero-order chi connectivity index (χ0) is 20.4. The highest BCUT2D eigenvalue weighted by Crippen LogP contribution is 2.40. The van der Waals surface area contributed by atoms with Crippen molar-refractivity contribution in [1.82, 2.24) is 0 Å². The van der Waals surface area contributed by atoms with Gasteiger partial charge in [0.2, 0.25) is 9.84 Å². The summed E-state index contributed by atoms with van der Waals surface area (Å²) in [5.41, 5.74) is 6.90. The van der Waals surface area contributed by atoms with E-state index in [4.69, 9.17) is 10.5 Å². The molecule has 1 heterocycles. The first-order valence-corrected chi connectivity index (χ1v) is 9.98. The predicted octanol–water partition coefficient (Wildman–Crippen LogP) is 2.33. The summed E-state index contributed by atoms with van der Waals surface area (Å²) in [4.78, 5) is 14.3. The number of sulfone groups is 1. The maximum absolute atomic E-state index is 13.5. The molecule has 0 bridgehead atoms. The number of nitrogens with two attached hydrogens (primary N) is 1. The monoisotopic (exact) mass is 400 g/mol. The summed E-state index contributed by atoms with van der Waals surface area (Å²) >= 11 is 0. The third-order valence-electron chi connectivity index (χ3n) is 4.77. The summed E-state index contributed by atoms with van der Waals surface area (Å²) in [5.74, 6) is -2.14. The van der Waals surface area contributed by atoms with Crippen LogP contribution >= 0.6 is 0 Å². The average molecular weight is 400 g/mol. The molecule has 0 saturated carbocycles. The molecule has 0 fully saturated rings. The van der Waals surface area contributed by atoms with Crippen LogP contribution < -0.4 is 10.5 Å². The number of para-hydroxylation sites is 1. The van der Waals surface area contributed by atoms with Gasteiger partial charge in [-0.3, -0.25) is 9.79 Å². The second-order valence-electron chi connectivity index (χ2n) is 6.36. The lowest BCUT2D eigenvalue weighted by Crippen LogP contribution is -2.46. The van der Waals surface area contributed by atoms with Crippen molar-refractivity contribution in [3.8, 4) is 5.75 Å². The van der Waals surface area contributed by atoms with Crippen LogP contribution in [0.3, 0.4) is 0 Å². The highest BCUT2D eigenvalue weighted by atomic mass is 32.2. The topological polar surface area (TPSA) is 119 Å². The number of aliphatic carboxylic acids is 1. The zero-order valence-corrected chi connectivity index (χ0v) is 16.0. The second kappa shape index (κ2) is 7.47. The Morgan fingerprint density at radius 1 is 1.21 bits per heavy atom. The number of carbonyl (C=O) groups is 1. The quantitative estimate of drug-likeness (QED) is 0.689. The van der Waals surface area contributed by atoms with Gasteiger partial charge in [0.1, 0.15) is 11.7 Å². The first kappa shape index (κ1) is 19.6. The minimum absolute atomic E-state index is 0.0377. The Labute approximate surface area is 163 Å². The minimum Gasteiger partial charge on any atom is -0.497 e. The lowest BCUT2D eigenvalue weighted by atomic mass is 9.91. The summed E-state index contributed by atoms with van der Waals surface area (Å²) in [7, 11) is -2.69. The molecule has 0 aromatic heterocycles. The number of hydrogen-bond acceptors (Lipinski definition) is 6. The van der Waals surface area contributed by atoms with Crippen LogP contribution in [0.15, 0.2) is 70.6 Å². The molecule has 8 heteroatoms. The van der Waals surface area contributed by atoms with E-state index in [1.165, 1.54) is 49.7 Å². The summed E-state index contributed by atoms with van der Waals surface area (Å²) in [6.45, 7) is 0. The third kappa shape index (κ3) is 3.27. The van der Waals surface area contributed by atoms with Gasteiger partial charge in [0, 0.05) is 11.9 Å². The van der Waals surface area contributed by atoms with Crippen molar-refractivity contribution < 1.29 is 23.1 Å². The van der Waals surface area contributed by atoms with Crippen molar-refractivity contribution in [2.24, 2.45) is 10.9 Å². The maximum Gasteiger partial charge on any atom is 0.310 e. The number of anilines is 1. The van der Waals surface area contributed by atoms with E-state index in [1.54, 1.807) is 24.3 Å². The molecule has 28 heavy (non-hydrogen) atoms. The molecule has 146 valence electrons. The van der Waals surface area contributed by atoms with Crippen molar-refractivity contribution in [2.75, 3.05) is 12.8 Å². The summed E-state index contributed by atoms with van der Waals surface area (Å²) in [6.07, 6.45) is 4.00. The molecule has 1 aliphatic rings. The van der Waals surface area contributed by atoms with Gasteiger partial charge in [-0.1, -0.05) is 18.2 Å². The molecule has 1 aliphatic heterocycles. The van der Waals surface area contributed by atoms with Gasteiger partial charge in [-0.05, 0) is 54.5 Å². The van der Waals surface area contributed by atoms with Crippen LogP contribution in [0.2, 0.25) is 0 Å². The normalized spacial score (nSPS) is 19.5. The molecule has 2 aromatic carbocycles. The second-order valence-corrected chi connectivity index (χ2v) is 8.49. The third-order valence-corrected chi connectivity index (χ3v) is 7.05. The highest BCUT2D eigenvalue weighted by molar-refractivity contribution is 7.93. The van der Waals surface area contributed by atoms with Gasteiger partial charge in [0.15, 0.2) is 4.87 Å². The van der Waals surface area contributed by atoms with Gasteiger partial charge in [-0.25, -0.2) is 8.42 Å². The fourth-order valence-corrected chi connectivity index (χ4v) is 5.12. The number of methoxy groups -OCH3 is 1. The maximum atomic E-state index is 13.5. The molecule has 2 aromatic rings. The lowest BCUT2D eigenvalue weighted by molar-refractivity contribution is -0.142. The highest BCUT2D eigenvalue weighted by Gasteiger charge is 2.53. The Bertz CT molecular complexity index is 1030. The van der Waals surface area contributed by atoms with Gasteiger partial charge in [-0.15, -0.1) is 0 Å². The molecule has 0 radical (unpaired) electrons. The van der Waals surface area contributed by atoms with E-state index >= 15 is 0 Å². The van der Waals surface area contributed by atoms with Crippen LogP contribution in [0.5, 0.6) is 5.75 Å². The van der Waals surface area contributed by atoms with Crippen LogP contribution in [0.1, 0.15) is 5.56 Å². The van der Waals surface area contributed by atoms with Crippen LogP contribution in [-0.2, 0) is 21.1 Å². The summed E-state index contributed by atoms with van der Waals surface area (Å²) in [5, 5.41) is 9.91. The molecule has 3 rings (SSSR count). The Hall–Kier alpha value is -3.13. The van der Waals surface area contributed by atoms with Gasteiger partial charge in [0.25, 0.3) is 0 Å². The smallest absolute Gasteiger partial charge is 0.310 e. The van der Waals surface area contributed by atoms with Crippen LogP contribution in [0.4, 0.5) is 5.69 Å². The number of carboxylic acid groups (broad SMARTS) is 1. The fourth-order valence-electron chi connectivity index (χ4n) is 3.23. The number of nitrogens with zero attached hydrogens (tertiary/aromatic N) is 1. The number of aliphatic imine (C=N–C) groups is 1.